The van der Waals surface area contributed by atoms with Crippen molar-refractivity contribution >= 4 is 106 Å². The predicted octanol–water partition coefficient (Wildman–Crippen LogP) is 2.59. The minimum atomic E-state index is -1.89. The van der Waals surface area contributed by atoms with Crippen molar-refractivity contribution in [3.05, 3.63) is 104 Å². The van der Waals surface area contributed by atoms with Crippen LogP contribution in [-0.2, 0) is 49.2 Å². The van der Waals surface area contributed by atoms with Gasteiger partial charge in [0, 0.05) is 33.0 Å². The molecule has 4 aromatic rings. The minimum Gasteiger partial charge on any atom is -0.292 e. The molecule has 0 atom stereocenters. The van der Waals surface area contributed by atoms with E-state index in [1.807, 2.05) is 41.5 Å². The van der Waals surface area contributed by atoms with E-state index in [2.05, 4.69) is 0 Å². The van der Waals surface area contributed by atoms with E-state index in [1.165, 1.54) is 37.4 Å². The summed E-state index contributed by atoms with van der Waals surface area (Å²) in [4.78, 5) is 189. The van der Waals surface area contributed by atoms with Gasteiger partial charge in [-0.3, -0.25) is 83.1 Å². The van der Waals surface area contributed by atoms with Gasteiger partial charge in [-0.15, -0.1) is 0 Å². The largest absolute Gasteiger partial charge is 0.305 e. The number of rotatable bonds is 14. The van der Waals surface area contributed by atoms with Crippen molar-refractivity contribution in [2.45, 2.75) is 66.2 Å². The van der Waals surface area contributed by atoms with Crippen molar-refractivity contribution in [3.8, 4) is 0 Å². The topological polar surface area (TPSA) is 282 Å². The lowest BCUT2D eigenvalue weighted by Crippen LogP contribution is -2.38. The zero-order valence-corrected chi connectivity index (χ0v) is 36.0. The summed E-state index contributed by atoms with van der Waals surface area (Å²) in [5.74, 6) is -17.2. The molecule has 1 aliphatic rings. The van der Waals surface area contributed by atoms with Crippen LogP contribution in [-0.4, -0.2) is 84.2 Å². The van der Waals surface area contributed by atoms with Crippen LogP contribution in [0.5, 0.6) is 0 Å². The molecule has 5 rings (SSSR count). The summed E-state index contributed by atoms with van der Waals surface area (Å²) < 4.78 is 0. The number of hydrogen-bond acceptors (Lipinski definition) is 14. The van der Waals surface area contributed by atoms with Crippen LogP contribution in [0.1, 0.15) is 126 Å². The first kappa shape index (κ1) is 47.6. The number of imide groups is 5. The Morgan fingerprint density at radius 2 is 0.892 bits per heavy atom. The van der Waals surface area contributed by atoms with E-state index in [0.717, 1.165) is 0 Å². The molecule has 3 N–H and O–H groups in total. The average Bonchev–Trinajstić information content (AvgIpc) is 3.54. The lowest BCUT2D eigenvalue weighted by atomic mass is 9.80. The van der Waals surface area contributed by atoms with Crippen LogP contribution in [0.3, 0.4) is 0 Å². The molecule has 0 bridgehead atoms. The Balaban J connectivity index is 1.99. The fourth-order valence-electron chi connectivity index (χ4n) is 7.15. The van der Waals surface area contributed by atoms with Crippen LogP contribution in [0.2, 0.25) is 0 Å². The standard InChI is InChI=1S/C46H39N5O14/c1-21-9-11-23(45(3,4)5)15-27(21)50(19-54)43(64)36(57)26-14-13-25(35(56)41(62)47-17-52)29-30(26)31(37(58)42(63)48-18-53)33-34(40(61)49-39(33)60)32(29)38(59)44(65)51(20-55)28-16-24(46(6,7)8)12-10-22(28)2/h9-20H,1-8H3,(H,47,52,62)(H,48,53,63)(H,49,60,61). The molecule has 0 aromatic heterocycles. The number of fused-ring (bicyclic) bond motifs is 2. The number of carbonyl (C=O) groups is 14. The summed E-state index contributed by atoms with van der Waals surface area (Å²) in [7, 11) is 0. The molecule has 1 aliphatic heterocycles. The van der Waals surface area contributed by atoms with Gasteiger partial charge in [-0.25, -0.2) is 9.80 Å². The third kappa shape index (κ3) is 8.53. The molecule has 0 unspecified atom stereocenters. The van der Waals surface area contributed by atoms with E-state index in [0.29, 0.717) is 38.6 Å². The van der Waals surface area contributed by atoms with E-state index in [1.54, 1.807) is 28.8 Å². The number of benzene rings is 4. The summed E-state index contributed by atoms with van der Waals surface area (Å²) >= 11 is 0. The van der Waals surface area contributed by atoms with Gasteiger partial charge in [0.2, 0.25) is 25.6 Å². The van der Waals surface area contributed by atoms with Crippen molar-refractivity contribution in [2.75, 3.05) is 9.80 Å². The van der Waals surface area contributed by atoms with E-state index < -0.39 is 114 Å². The second-order valence-electron chi connectivity index (χ2n) is 16.8. The van der Waals surface area contributed by atoms with Crippen LogP contribution < -0.4 is 25.8 Å². The molecule has 332 valence electrons. The molecular weight excluding hydrogens is 847 g/mol. The zero-order chi connectivity index (χ0) is 48.6. The van der Waals surface area contributed by atoms with Gasteiger partial charge in [0.15, 0.2) is 0 Å². The summed E-state index contributed by atoms with van der Waals surface area (Å²) in [6.07, 6.45) is -0.520. The Morgan fingerprint density at radius 1 is 0.523 bits per heavy atom. The lowest BCUT2D eigenvalue weighted by Gasteiger charge is -2.25. The Kier molecular flexibility index (Phi) is 13.0. The monoisotopic (exact) mass is 885 g/mol. The van der Waals surface area contributed by atoms with Crippen molar-refractivity contribution in [3.63, 3.8) is 0 Å². The zero-order valence-electron chi connectivity index (χ0n) is 36.0. The van der Waals surface area contributed by atoms with Crippen LogP contribution >= 0.6 is 0 Å². The summed E-state index contributed by atoms with van der Waals surface area (Å²) in [5.41, 5.74) is -6.62. The van der Waals surface area contributed by atoms with Gasteiger partial charge in [-0.1, -0.05) is 65.8 Å². The Morgan fingerprint density at radius 3 is 1.28 bits per heavy atom. The van der Waals surface area contributed by atoms with E-state index in [4.69, 9.17) is 0 Å². The smallest absolute Gasteiger partial charge is 0.292 e. The predicted molar refractivity (Wildman–Crippen MR) is 228 cm³/mol. The van der Waals surface area contributed by atoms with Gasteiger partial charge >= 0.3 is 11.8 Å². The first-order chi connectivity index (χ1) is 30.4. The molecule has 0 saturated heterocycles. The highest BCUT2D eigenvalue weighted by molar-refractivity contribution is 6.59. The van der Waals surface area contributed by atoms with Crippen LogP contribution in [0.15, 0.2) is 48.5 Å². The Hall–Kier alpha value is -8.48. The summed E-state index contributed by atoms with van der Waals surface area (Å²) in [5, 5.41) is 2.61. The average molecular weight is 886 g/mol. The SMILES string of the molecule is Cc1ccc(C(C)(C)C)cc1N(C=O)C(=O)C(=O)c1ccc(C(=O)C(=O)NC=O)c2c(C(=O)C(=O)N(C=O)c3cc(C(C)(C)C)ccc3C)c3c(c(C(=O)C(=O)NC=O)c12)C(=O)NC3=O. The lowest BCUT2D eigenvalue weighted by molar-refractivity contribution is -0.123. The first-order valence-electron chi connectivity index (χ1n) is 19.4. The Bertz CT molecular complexity index is 2920. The second kappa shape index (κ2) is 17.7. The summed E-state index contributed by atoms with van der Waals surface area (Å²) in [6, 6.07) is 10.7. The molecule has 65 heavy (non-hydrogen) atoms. The summed E-state index contributed by atoms with van der Waals surface area (Å²) in [6.45, 7) is 13.9. The highest BCUT2D eigenvalue weighted by Gasteiger charge is 2.45. The minimum absolute atomic E-state index is 0.00939. The van der Waals surface area contributed by atoms with Gasteiger partial charge in [0.1, 0.15) is 0 Å². The van der Waals surface area contributed by atoms with Gasteiger partial charge in [-0.05, 0) is 71.2 Å². The maximum atomic E-state index is 14.9. The molecular formula is C46H39N5O14. The number of ketones is 4. The van der Waals surface area contributed by atoms with Crippen molar-refractivity contribution in [1.82, 2.24) is 16.0 Å². The molecule has 0 aliphatic carbocycles. The van der Waals surface area contributed by atoms with Gasteiger partial charge in [0.25, 0.3) is 46.8 Å². The molecule has 0 radical (unpaired) electrons. The Labute approximate surface area is 368 Å². The molecule has 1 heterocycles. The number of anilines is 2. The normalized spacial score (nSPS) is 12.0. The number of carbonyl (C=O) groups excluding carboxylic acids is 14. The second-order valence-corrected chi connectivity index (χ2v) is 16.8. The number of nitrogens with zero attached hydrogens (tertiary/aromatic N) is 2. The van der Waals surface area contributed by atoms with Crippen molar-refractivity contribution < 1.29 is 67.1 Å². The van der Waals surface area contributed by atoms with Gasteiger partial charge in [-0.2, -0.15) is 0 Å². The molecule has 0 saturated carbocycles. The van der Waals surface area contributed by atoms with Crippen LogP contribution in [0, 0.1) is 13.8 Å². The van der Waals surface area contributed by atoms with Crippen molar-refractivity contribution in [2.24, 2.45) is 0 Å². The van der Waals surface area contributed by atoms with E-state index >= 15 is 0 Å². The molecule has 4 aromatic carbocycles. The van der Waals surface area contributed by atoms with Gasteiger partial charge in [0.05, 0.1) is 22.5 Å². The third-order valence-electron chi connectivity index (χ3n) is 10.6. The highest BCUT2D eigenvalue weighted by atomic mass is 16.2. The van der Waals surface area contributed by atoms with Crippen LogP contribution in [0.25, 0.3) is 10.8 Å². The van der Waals surface area contributed by atoms with Crippen molar-refractivity contribution in [1.29, 1.82) is 0 Å². The number of amides is 10. The molecule has 19 nitrogen and oxygen atoms in total. The maximum absolute atomic E-state index is 14.9. The molecule has 10 amide bonds. The van der Waals surface area contributed by atoms with Gasteiger partial charge < -0.3 is 0 Å². The molecule has 19 heteroatoms. The molecule has 0 spiro atoms. The fraction of sp³-hybridized carbons (Fsp3) is 0.217. The van der Waals surface area contributed by atoms with Crippen LogP contribution in [0.4, 0.5) is 11.4 Å². The number of aryl methyl sites for hydroxylation is 2. The maximum Gasteiger partial charge on any atom is 0.305 e. The molecule has 0 fully saturated rings. The highest BCUT2D eigenvalue weighted by Crippen LogP contribution is 2.40. The quantitative estimate of drug-likeness (QED) is 0.0711. The van der Waals surface area contributed by atoms with E-state index in [9.17, 15) is 67.1 Å². The number of nitrogens with one attached hydrogen (secondary N) is 3. The van der Waals surface area contributed by atoms with E-state index in [-0.39, 0.29) is 42.6 Å². The number of Topliss-reactive ketones (excluding diaryl/α,β-unsaturated/α-hetero) is 4. The first-order valence-corrected chi connectivity index (χ1v) is 19.4. The third-order valence-corrected chi connectivity index (χ3v) is 10.6. The number of hydrogen-bond donors (Lipinski definition) is 3. The fourth-order valence-corrected chi connectivity index (χ4v) is 7.15.